The number of hydrogen-bond acceptors (Lipinski definition) is 3. The monoisotopic (exact) mass is 292 g/mol. The van der Waals surface area contributed by atoms with Gasteiger partial charge in [-0.2, -0.15) is 0 Å². The molecule has 5 heteroatoms. The van der Waals surface area contributed by atoms with Gasteiger partial charge in [0, 0.05) is 43.8 Å². The third-order valence-electron chi connectivity index (χ3n) is 4.14. The fourth-order valence-electron chi connectivity index (χ4n) is 2.84. The van der Waals surface area contributed by atoms with Crippen LogP contribution in [-0.4, -0.2) is 38.3 Å². The van der Waals surface area contributed by atoms with Gasteiger partial charge in [0.1, 0.15) is 11.3 Å². The highest BCUT2D eigenvalue weighted by Crippen LogP contribution is 2.27. The van der Waals surface area contributed by atoms with Crippen LogP contribution in [0.15, 0.2) is 49.1 Å². The first-order valence-corrected chi connectivity index (χ1v) is 7.35. The molecule has 3 aromatic rings. The Hall–Kier alpha value is -2.69. The van der Waals surface area contributed by atoms with Crippen LogP contribution in [0.1, 0.15) is 27.5 Å². The average Bonchev–Trinajstić information content (AvgIpc) is 2.89. The number of carbonyl (C=O) groups is 1. The number of aromatic nitrogens is 3. The van der Waals surface area contributed by atoms with Gasteiger partial charge in [0.15, 0.2) is 0 Å². The molecule has 0 bridgehead atoms. The Labute approximate surface area is 128 Å². The van der Waals surface area contributed by atoms with E-state index < -0.39 is 0 Å². The van der Waals surface area contributed by atoms with Crippen molar-refractivity contribution in [2.75, 3.05) is 13.1 Å². The van der Waals surface area contributed by atoms with E-state index in [1.807, 2.05) is 53.0 Å². The van der Waals surface area contributed by atoms with Crippen molar-refractivity contribution in [3.8, 4) is 0 Å². The molecule has 3 aromatic heterocycles. The summed E-state index contributed by atoms with van der Waals surface area (Å²) in [5.41, 5.74) is 3.65. The van der Waals surface area contributed by atoms with Crippen LogP contribution < -0.4 is 0 Å². The van der Waals surface area contributed by atoms with Gasteiger partial charge in [-0.25, -0.2) is 4.98 Å². The first-order chi connectivity index (χ1) is 10.7. The van der Waals surface area contributed by atoms with Gasteiger partial charge in [-0.15, -0.1) is 0 Å². The van der Waals surface area contributed by atoms with Gasteiger partial charge >= 0.3 is 0 Å². The van der Waals surface area contributed by atoms with Crippen LogP contribution in [0.2, 0.25) is 0 Å². The number of carbonyl (C=O) groups excluding carboxylic acids is 1. The largest absolute Gasteiger partial charge is 0.336 e. The van der Waals surface area contributed by atoms with Crippen molar-refractivity contribution < 1.29 is 4.79 Å². The molecule has 0 radical (unpaired) electrons. The van der Waals surface area contributed by atoms with Gasteiger partial charge in [-0.3, -0.25) is 9.78 Å². The third-order valence-corrected chi connectivity index (χ3v) is 4.14. The molecule has 0 spiro atoms. The van der Waals surface area contributed by atoms with Gasteiger partial charge in [-0.1, -0.05) is 12.1 Å². The van der Waals surface area contributed by atoms with Gasteiger partial charge in [-0.05, 0) is 30.2 Å². The van der Waals surface area contributed by atoms with E-state index in [0.29, 0.717) is 11.6 Å². The molecule has 0 atom stereocenters. The first-order valence-electron chi connectivity index (χ1n) is 7.35. The van der Waals surface area contributed by atoms with Gasteiger partial charge in [0.05, 0.1) is 0 Å². The van der Waals surface area contributed by atoms with E-state index in [9.17, 15) is 4.79 Å². The molecule has 1 amide bonds. The number of imidazole rings is 1. The molecule has 0 aromatic carbocycles. The van der Waals surface area contributed by atoms with Crippen LogP contribution >= 0.6 is 0 Å². The second kappa shape index (κ2) is 4.94. The van der Waals surface area contributed by atoms with Crippen molar-refractivity contribution in [3.63, 3.8) is 0 Å². The molecule has 1 fully saturated rings. The Morgan fingerprint density at radius 1 is 1.23 bits per heavy atom. The summed E-state index contributed by atoms with van der Waals surface area (Å²) in [6.45, 7) is 3.49. The summed E-state index contributed by atoms with van der Waals surface area (Å²) in [4.78, 5) is 22.9. The fourth-order valence-corrected chi connectivity index (χ4v) is 2.84. The van der Waals surface area contributed by atoms with Crippen LogP contribution in [0.5, 0.6) is 0 Å². The molecule has 4 rings (SSSR count). The Morgan fingerprint density at radius 3 is 2.86 bits per heavy atom. The third kappa shape index (κ3) is 2.15. The normalized spacial score (nSPS) is 15.0. The lowest BCUT2D eigenvalue weighted by Gasteiger charge is -2.38. The van der Waals surface area contributed by atoms with Crippen molar-refractivity contribution in [3.05, 3.63) is 65.9 Å². The van der Waals surface area contributed by atoms with Crippen molar-refractivity contribution in [2.45, 2.75) is 12.8 Å². The Kier molecular flexibility index (Phi) is 2.92. The van der Waals surface area contributed by atoms with E-state index in [-0.39, 0.29) is 5.91 Å². The summed E-state index contributed by atoms with van der Waals surface area (Å²) >= 11 is 0. The lowest BCUT2D eigenvalue weighted by molar-refractivity contribution is 0.0596. The molecule has 22 heavy (non-hydrogen) atoms. The number of pyridine rings is 2. The van der Waals surface area contributed by atoms with Gasteiger partial charge in [0.2, 0.25) is 0 Å². The number of amides is 1. The van der Waals surface area contributed by atoms with Crippen molar-refractivity contribution in [1.82, 2.24) is 19.3 Å². The molecule has 0 saturated carbocycles. The highest BCUT2D eigenvalue weighted by Gasteiger charge is 2.33. The SMILES string of the molecule is Cc1ccc2nc(C(=O)N3CC(c4cccnc4)C3)cn2c1. The molecule has 0 N–H and O–H groups in total. The smallest absolute Gasteiger partial charge is 0.274 e. The van der Waals surface area contributed by atoms with Gasteiger partial charge < -0.3 is 9.30 Å². The molecule has 5 nitrogen and oxygen atoms in total. The molecule has 1 aliphatic heterocycles. The van der Waals surface area contributed by atoms with E-state index in [1.165, 1.54) is 5.56 Å². The lowest BCUT2D eigenvalue weighted by atomic mass is 9.92. The summed E-state index contributed by atoms with van der Waals surface area (Å²) in [6.07, 6.45) is 7.43. The van der Waals surface area contributed by atoms with Gasteiger partial charge in [0.25, 0.3) is 5.91 Å². The number of likely N-dealkylation sites (tertiary alicyclic amines) is 1. The maximum absolute atomic E-state index is 12.5. The quantitative estimate of drug-likeness (QED) is 0.728. The van der Waals surface area contributed by atoms with Crippen molar-refractivity contribution in [2.24, 2.45) is 0 Å². The predicted octanol–water partition coefficient (Wildman–Crippen LogP) is 2.28. The summed E-state index contributed by atoms with van der Waals surface area (Å²) in [5.74, 6) is 0.387. The number of rotatable bonds is 2. The van der Waals surface area contributed by atoms with E-state index in [1.54, 1.807) is 6.20 Å². The van der Waals surface area contributed by atoms with Crippen molar-refractivity contribution in [1.29, 1.82) is 0 Å². The summed E-state index contributed by atoms with van der Waals surface area (Å²) < 4.78 is 1.90. The molecular weight excluding hydrogens is 276 g/mol. The molecular formula is C17H16N4O. The van der Waals surface area contributed by atoms with E-state index in [4.69, 9.17) is 0 Å². The average molecular weight is 292 g/mol. The zero-order chi connectivity index (χ0) is 15.1. The van der Waals surface area contributed by atoms with E-state index in [2.05, 4.69) is 16.0 Å². The minimum absolute atomic E-state index is 0.00138. The minimum atomic E-state index is 0.00138. The van der Waals surface area contributed by atoms with Crippen LogP contribution in [0.3, 0.4) is 0 Å². The number of nitrogens with zero attached hydrogens (tertiary/aromatic N) is 4. The maximum atomic E-state index is 12.5. The molecule has 110 valence electrons. The maximum Gasteiger partial charge on any atom is 0.274 e. The minimum Gasteiger partial charge on any atom is -0.336 e. The molecule has 4 heterocycles. The fraction of sp³-hybridized carbons (Fsp3) is 0.235. The summed E-state index contributed by atoms with van der Waals surface area (Å²) in [7, 11) is 0. The molecule has 1 saturated heterocycles. The first kappa shape index (κ1) is 13.0. The Morgan fingerprint density at radius 2 is 2.09 bits per heavy atom. The van der Waals surface area contributed by atoms with Crippen LogP contribution in [-0.2, 0) is 0 Å². The summed E-state index contributed by atoms with van der Waals surface area (Å²) in [5, 5.41) is 0. The molecule has 0 aliphatic carbocycles. The number of hydrogen-bond donors (Lipinski definition) is 0. The number of fused-ring (bicyclic) bond motifs is 1. The van der Waals surface area contributed by atoms with Crippen molar-refractivity contribution >= 4 is 11.6 Å². The van der Waals surface area contributed by atoms with E-state index in [0.717, 1.165) is 24.3 Å². The highest BCUT2D eigenvalue weighted by atomic mass is 16.2. The lowest BCUT2D eigenvalue weighted by Crippen LogP contribution is -2.48. The Balaban J connectivity index is 1.50. The topological polar surface area (TPSA) is 50.5 Å². The summed E-state index contributed by atoms with van der Waals surface area (Å²) in [6, 6.07) is 7.93. The Bertz CT molecular complexity index is 834. The second-order valence-corrected chi connectivity index (χ2v) is 5.79. The standard InChI is InChI=1S/C17H16N4O/c1-12-4-5-16-19-15(11-20(16)8-12)17(22)21-9-14(10-21)13-3-2-6-18-7-13/h2-8,11,14H,9-10H2,1H3. The highest BCUT2D eigenvalue weighted by molar-refractivity contribution is 5.93. The predicted molar refractivity (Wildman–Crippen MR) is 82.8 cm³/mol. The molecule has 1 aliphatic rings. The number of aryl methyl sites for hydroxylation is 1. The van der Waals surface area contributed by atoms with Crippen LogP contribution in [0.4, 0.5) is 0 Å². The van der Waals surface area contributed by atoms with Crippen LogP contribution in [0, 0.1) is 6.92 Å². The van der Waals surface area contributed by atoms with Crippen LogP contribution in [0.25, 0.3) is 5.65 Å². The molecule has 0 unspecified atom stereocenters. The zero-order valence-electron chi connectivity index (χ0n) is 12.3. The second-order valence-electron chi connectivity index (χ2n) is 5.79. The zero-order valence-corrected chi connectivity index (χ0v) is 12.3. The van der Waals surface area contributed by atoms with E-state index >= 15 is 0 Å².